The SMILES string of the molecule is CC(C)Oc1ccccc1-c1cccc2[nH]c3c(c12)CCCCC3. The standard InChI is InChI=1S/C22H25NO/c1-15(2)24-21-14-7-6-9-16(21)17-11-8-13-20-22(17)18-10-4-3-5-12-19(18)23-20/h6-9,11,13-15,23H,3-5,10,12H2,1-2H3. The number of benzene rings is 2. The Bertz CT molecular complexity index is 860. The average molecular weight is 319 g/mol. The molecule has 2 aromatic carbocycles. The molecule has 124 valence electrons. The van der Waals surface area contributed by atoms with Crippen LogP contribution in [0.2, 0.25) is 0 Å². The van der Waals surface area contributed by atoms with E-state index in [1.54, 1.807) is 0 Å². The van der Waals surface area contributed by atoms with Gasteiger partial charge in [0.15, 0.2) is 0 Å². The first-order valence-electron chi connectivity index (χ1n) is 9.12. The van der Waals surface area contributed by atoms with Crippen LogP contribution in [-0.4, -0.2) is 11.1 Å². The number of rotatable bonds is 3. The van der Waals surface area contributed by atoms with Gasteiger partial charge in [-0.2, -0.15) is 0 Å². The average Bonchev–Trinajstić information content (AvgIpc) is 2.77. The molecule has 24 heavy (non-hydrogen) atoms. The number of hydrogen-bond donors (Lipinski definition) is 1. The maximum atomic E-state index is 6.08. The molecule has 0 saturated heterocycles. The van der Waals surface area contributed by atoms with Gasteiger partial charge in [0.1, 0.15) is 5.75 Å². The van der Waals surface area contributed by atoms with E-state index in [4.69, 9.17) is 4.74 Å². The summed E-state index contributed by atoms with van der Waals surface area (Å²) >= 11 is 0. The fourth-order valence-corrected chi connectivity index (χ4v) is 3.91. The van der Waals surface area contributed by atoms with E-state index in [1.165, 1.54) is 65.4 Å². The van der Waals surface area contributed by atoms with Gasteiger partial charge in [-0.25, -0.2) is 0 Å². The van der Waals surface area contributed by atoms with Crippen LogP contribution in [0.3, 0.4) is 0 Å². The zero-order valence-corrected chi connectivity index (χ0v) is 14.6. The van der Waals surface area contributed by atoms with Crippen molar-refractivity contribution in [3.05, 3.63) is 53.7 Å². The molecule has 0 bridgehead atoms. The Kier molecular flexibility index (Phi) is 4.05. The Hall–Kier alpha value is -2.22. The Balaban J connectivity index is 1.93. The van der Waals surface area contributed by atoms with Gasteiger partial charge in [0, 0.05) is 22.2 Å². The van der Waals surface area contributed by atoms with Crippen LogP contribution in [0.5, 0.6) is 5.75 Å². The molecule has 0 amide bonds. The van der Waals surface area contributed by atoms with Crippen molar-refractivity contribution in [1.82, 2.24) is 4.98 Å². The van der Waals surface area contributed by atoms with Crippen molar-refractivity contribution in [2.45, 2.75) is 52.1 Å². The second kappa shape index (κ2) is 6.35. The monoisotopic (exact) mass is 319 g/mol. The number of nitrogens with one attached hydrogen (secondary N) is 1. The number of hydrogen-bond acceptors (Lipinski definition) is 1. The van der Waals surface area contributed by atoms with Crippen molar-refractivity contribution in [2.75, 3.05) is 0 Å². The molecule has 0 unspecified atom stereocenters. The summed E-state index contributed by atoms with van der Waals surface area (Å²) in [6.07, 6.45) is 6.45. The maximum absolute atomic E-state index is 6.08. The number of H-pyrrole nitrogens is 1. The van der Waals surface area contributed by atoms with Crippen LogP contribution in [-0.2, 0) is 12.8 Å². The Labute approximate surface area is 143 Å². The van der Waals surface area contributed by atoms with Crippen molar-refractivity contribution < 1.29 is 4.74 Å². The van der Waals surface area contributed by atoms with E-state index in [9.17, 15) is 0 Å². The van der Waals surface area contributed by atoms with Crippen LogP contribution in [0, 0.1) is 0 Å². The van der Waals surface area contributed by atoms with Gasteiger partial charge in [0.05, 0.1) is 6.10 Å². The van der Waals surface area contributed by atoms with Crippen LogP contribution >= 0.6 is 0 Å². The van der Waals surface area contributed by atoms with Gasteiger partial charge >= 0.3 is 0 Å². The van der Waals surface area contributed by atoms with E-state index < -0.39 is 0 Å². The highest BCUT2D eigenvalue weighted by Crippen LogP contribution is 2.39. The first-order valence-corrected chi connectivity index (χ1v) is 9.12. The van der Waals surface area contributed by atoms with Crippen molar-refractivity contribution in [1.29, 1.82) is 0 Å². The number of ether oxygens (including phenoxy) is 1. The molecule has 0 radical (unpaired) electrons. The molecule has 2 heteroatoms. The molecule has 1 aliphatic rings. The molecule has 0 fully saturated rings. The normalized spacial score (nSPS) is 14.6. The molecule has 0 aliphatic heterocycles. The van der Waals surface area contributed by atoms with Crippen molar-refractivity contribution in [2.24, 2.45) is 0 Å². The summed E-state index contributed by atoms with van der Waals surface area (Å²) in [7, 11) is 0. The fraction of sp³-hybridized carbons (Fsp3) is 0.364. The van der Waals surface area contributed by atoms with Gasteiger partial charge in [-0.15, -0.1) is 0 Å². The van der Waals surface area contributed by atoms with Gasteiger partial charge < -0.3 is 9.72 Å². The summed E-state index contributed by atoms with van der Waals surface area (Å²) in [6.45, 7) is 4.17. The first kappa shape index (κ1) is 15.3. The lowest BCUT2D eigenvalue weighted by atomic mass is 9.96. The maximum Gasteiger partial charge on any atom is 0.127 e. The summed E-state index contributed by atoms with van der Waals surface area (Å²) in [5, 5.41) is 1.40. The molecule has 0 saturated carbocycles. The number of para-hydroxylation sites is 1. The largest absolute Gasteiger partial charge is 0.490 e. The van der Waals surface area contributed by atoms with Crippen molar-refractivity contribution in [3.8, 4) is 16.9 Å². The quantitative estimate of drug-likeness (QED) is 0.598. The van der Waals surface area contributed by atoms with E-state index >= 15 is 0 Å². The van der Waals surface area contributed by atoms with Gasteiger partial charge in [0.25, 0.3) is 0 Å². The molecule has 0 spiro atoms. The third kappa shape index (κ3) is 2.71. The third-order valence-electron chi connectivity index (χ3n) is 4.91. The highest BCUT2D eigenvalue weighted by Gasteiger charge is 2.19. The fourth-order valence-electron chi connectivity index (χ4n) is 3.91. The summed E-state index contributed by atoms with van der Waals surface area (Å²) in [4.78, 5) is 3.69. The Morgan fingerprint density at radius 3 is 2.54 bits per heavy atom. The van der Waals surface area contributed by atoms with E-state index in [-0.39, 0.29) is 6.10 Å². The van der Waals surface area contributed by atoms with E-state index in [2.05, 4.69) is 61.3 Å². The van der Waals surface area contributed by atoms with Crippen molar-refractivity contribution >= 4 is 10.9 Å². The summed E-state index contributed by atoms with van der Waals surface area (Å²) in [5.74, 6) is 0.976. The minimum Gasteiger partial charge on any atom is -0.490 e. The van der Waals surface area contributed by atoms with Crippen LogP contribution in [0.4, 0.5) is 0 Å². The molecule has 3 aromatic rings. The lowest BCUT2D eigenvalue weighted by Gasteiger charge is -2.15. The lowest BCUT2D eigenvalue weighted by Crippen LogP contribution is -2.06. The number of aryl methyl sites for hydroxylation is 2. The minimum absolute atomic E-state index is 0.175. The molecule has 1 N–H and O–H groups in total. The smallest absolute Gasteiger partial charge is 0.127 e. The molecule has 1 aliphatic carbocycles. The number of aromatic nitrogens is 1. The molecule has 2 nitrogen and oxygen atoms in total. The number of aromatic amines is 1. The van der Waals surface area contributed by atoms with E-state index in [0.29, 0.717) is 0 Å². The van der Waals surface area contributed by atoms with Crippen LogP contribution < -0.4 is 4.74 Å². The second-order valence-corrected chi connectivity index (χ2v) is 7.03. The predicted molar refractivity (Wildman–Crippen MR) is 101 cm³/mol. The van der Waals surface area contributed by atoms with E-state index in [1.807, 2.05) is 0 Å². The second-order valence-electron chi connectivity index (χ2n) is 7.03. The van der Waals surface area contributed by atoms with Crippen LogP contribution in [0.15, 0.2) is 42.5 Å². The predicted octanol–water partition coefficient (Wildman–Crippen LogP) is 5.89. The Morgan fingerprint density at radius 1 is 0.875 bits per heavy atom. The lowest BCUT2D eigenvalue weighted by molar-refractivity contribution is 0.243. The van der Waals surface area contributed by atoms with Gasteiger partial charge in [-0.1, -0.05) is 36.8 Å². The zero-order valence-electron chi connectivity index (χ0n) is 14.6. The van der Waals surface area contributed by atoms with Gasteiger partial charge in [-0.3, -0.25) is 0 Å². The molecule has 1 heterocycles. The molecular weight excluding hydrogens is 294 g/mol. The highest BCUT2D eigenvalue weighted by atomic mass is 16.5. The van der Waals surface area contributed by atoms with Crippen LogP contribution in [0.1, 0.15) is 44.4 Å². The highest BCUT2D eigenvalue weighted by molar-refractivity contribution is 5.99. The minimum atomic E-state index is 0.175. The van der Waals surface area contributed by atoms with Gasteiger partial charge in [-0.05, 0) is 62.8 Å². The summed E-state index contributed by atoms with van der Waals surface area (Å²) in [6, 6.07) is 15.0. The third-order valence-corrected chi connectivity index (χ3v) is 4.91. The van der Waals surface area contributed by atoms with E-state index in [0.717, 1.165) is 5.75 Å². The topological polar surface area (TPSA) is 25.0 Å². The molecule has 0 atom stereocenters. The Morgan fingerprint density at radius 2 is 1.67 bits per heavy atom. The van der Waals surface area contributed by atoms with Crippen molar-refractivity contribution in [3.63, 3.8) is 0 Å². The summed E-state index contributed by atoms with van der Waals surface area (Å²) < 4.78 is 6.08. The zero-order chi connectivity index (χ0) is 16.5. The van der Waals surface area contributed by atoms with Crippen LogP contribution in [0.25, 0.3) is 22.0 Å². The molecular formula is C22H25NO. The first-order chi connectivity index (χ1) is 11.7. The molecule has 1 aromatic heterocycles. The number of fused-ring (bicyclic) bond motifs is 3. The molecule has 4 rings (SSSR count). The summed E-state index contributed by atoms with van der Waals surface area (Å²) in [5.41, 5.74) is 6.72. The van der Waals surface area contributed by atoms with Gasteiger partial charge in [0.2, 0.25) is 0 Å².